The number of rotatable bonds is 5. The zero-order valence-corrected chi connectivity index (χ0v) is 16.2. The minimum absolute atomic E-state index is 0.321. The second-order valence-electron chi connectivity index (χ2n) is 8.62. The molecule has 1 saturated carbocycles. The van der Waals surface area contributed by atoms with Crippen molar-refractivity contribution in [2.24, 2.45) is 5.92 Å². The SMILES string of the molecule is COc1ccccc1[C@@](O)(CN1CC[N+](C)(C)CC1)C1CCCCC1. The van der Waals surface area contributed by atoms with Crippen molar-refractivity contribution >= 4 is 0 Å². The molecule has 0 radical (unpaired) electrons. The summed E-state index contributed by atoms with van der Waals surface area (Å²) >= 11 is 0. The van der Waals surface area contributed by atoms with Crippen LogP contribution in [0.25, 0.3) is 0 Å². The molecule has 1 aliphatic carbocycles. The van der Waals surface area contributed by atoms with Gasteiger partial charge in [0.2, 0.25) is 0 Å². The van der Waals surface area contributed by atoms with Gasteiger partial charge in [-0.05, 0) is 24.8 Å². The van der Waals surface area contributed by atoms with E-state index in [1.807, 2.05) is 18.2 Å². The van der Waals surface area contributed by atoms with Crippen LogP contribution in [-0.2, 0) is 5.60 Å². The van der Waals surface area contributed by atoms with E-state index in [1.165, 1.54) is 19.3 Å². The Bertz CT molecular complexity index is 559. The second-order valence-corrected chi connectivity index (χ2v) is 8.62. The fraction of sp³-hybridized carbons (Fsp3) is 0.714. The molecule has 2 fully saturated rings. The normalized spacial score (nSPS) is 24.6. The number of likely N-dealkylation sites (N-methyl/N-ethyl adjacent to an activating group) is 1. The third-order valence-corrected chi connectivity index (χ3v) is 6.36. The van der Waals surface area contributed by atoms with Crippen LogP contribution in [0.4, 0.5) is 0 Å². The lowest BCUT2D eigenvalue weighted by atomic mass is 9.72. The number of β-amino-alcohol motifs (C(OH)–C–C–N with tert-alkyl or cyclic N) is 1. The quantitative estimate of drug-likeness (QED) is 0.832. The van der Waals surface area contributed by atoms with Crippen molar-refractivity contribution in [3.8, 4) is 5.75 Å². The fourth-order valence-corrected chi connectivity index (χ4v) is 4.56. The Morgan fingerprint density at radius 3 is 2.40 bits per heavy atom. The summed E-state index contributed by atoms with van der Waals surface area (Å²) in [4.78, 5) is 2.46. The highest BCUT2D eigenvalue weighted by atomic mass is 16.5. The number of quaternary nitrogens is 1. The van der Waals surface area contributed by atoms with E-state index >= 15 is 0 Å². The summed E-state index contributed by atoms with van der Waals surface area (Å²) in [5.41, 5.74) is 0.158. The van der Waals surface area contributed by atoms with Gasteiger partial charge in [0.1, 0.15) is 11.4 Å². The molecule has 1 aromatic carbocycles. The third kappa shape index (κ3) is 4.18. The molecule has 1 heterocycles. The highest BCUT2D eigenvalue weighted by Crippen LogP contribution is 2.43. The number of methoxy groups -OCH3 is 1. The predicted molar refractivity (Wildman–Crippen MR) is 102 cm³/mol. The molecule has 0 spiro atoms. The standard InChI is InChI=1S/C21H35N2O2/c1-23(2)15-13-22(14-16-23)17-21(24,18-9-5-4-6-10-18)19-11-7-8-12-20(19)25-3/h7-8,11-12,18,24H,4-6,9-10,13-17H2,1-3H3/q+1/t21-/m1/s1. The second kappa shape index (κ2) is 7.65. The van der Waals surface area contributed by atoms with E-state index in [2.05, 4.69) is 25.1 Å². The molecule has 0 aromatic heterocycles. The molecule has 2 aliphatic rings. The lowest BCUT2D eigenvalue weighted by Crippen LogP contribution is -2.58. The van der Waals surface area contributed by atoms with Crippen LogP contribution in [0.15, 0.2) is 24.3 Å². The first-order chi connectivity index (χ1) is 11.9. The van der Waals surface area contributed by atoms with Gasteiger partial charge in [0.05, 0.1) is 34.3 Å². The van der Waals surface area contributed by atoms with Gasteiger partial charge in [-0.2, -0.15) is 0 Å². The summed E-state index contributed by atoms with van der Waals surface area (Å²) < 4.78 is 6.70. The zero-order valence-electron chi connectivity index (χ0n) is 16.2. The first-order valence-corrected chi connectivity index (χ1v) is 9.85. The number of benzene rings is 1. The molecule has 3 rings (SSSR count). The molecule has 1 aliphatic heterocycles. The highest BCUT2D eigenvalue weighted by molar-refractivity contribution is 5.39. The molecule has 1 N–H and O–H groups in total. The van der Waals surface area contributed by atoms with Gasteiger partial charge in [0.25, 0.3) is 0 Å². The monoisotopic (exact) mass is 347 g/mol. The first kappa shape index (κ1) is 18.7. The molecule has 0 bridgehead atoms. The van der Waals surface area contributed by atoms with E-state index < -0.39 is 5.60 Å². The highest BCUT2D eigenvalue weighted by Gasteiger charge is 2.43. The van der Waals surface area contributed by atoms with E-state index in [-0.39, 0.29) is 0 Å². The molecular weight excluding hydrogens is 312 g/mol. The van der Waals surface area contributed by atoms with Crippen molar-refractivity contribution in [3.63, 3.8) is 0 Å². The van der Waals surface area contributed by atoms with Crippen LogP contribution in [0.1, 0.15) is 37.7 Å². The summed E-state index contributed by atoms with van der Waals surface area (Å²) in [6, 6.07) is 8.07. The fourth-order valence-electron chi connectivity index (χ4n) is 4.56. The number of aliphatic hydroxyl groups is 1. The molecule has 0 amide bonds. The number of piperazine rings is 1. The minimum atomic E-state index is -0.818. The largest absolute Gasteiger partial charge is 0.496 e. The van der Waals surface area contributed by atoms with E-state index in [4.69, 9.17) is 4.74 Å². The first-order valence-electron chi connectivity index (χ1n) is 9.85. The van der Waals surface area contributed by atoms with Crippen LogP contribution in [0, 0.1) is 5.92 Å². The number of hydrogen-bond donors (Lipinski definition) is 1. The van der Waals surface area contributed by atoms with Crippen LogP contribution < -0.4 is 4.74 Å². The van der Waals surface area contributed by atoms with E-state index in [9.17, 15) is 5.11 Å². The summed E-state index contributed by atoms with van der Waals surface area (Å²) in [5.74, 6) is 1.14. The van der Waals surface area contributed by atoms with Crippen molar-refractivity contribution in [2.45, 2.75) is 37.7 Å². The van der Waals surface area contributed by atoms with Crippen LogP contribution >= 0.6 is 0 Å². The smallest absolute Gasteiger partial charge is 0.125 e. The van der Waals surface area contributed by atoms with Gasteiger partial charge >= 0.3 is 0 Å². The van der Waals surface area contributed by atoms with Crippen LogP contribution in [0.5, 0.6) is 5.75 Å². The molecule has 0 unspecified atom stereocenters. The molecular formula is C21H35N2O2+. The maximum absolute atomic E-state index is 12.0. The maximum Gasteiger partial charge on any atom is 0.125 e. The van der Waals surface area contributed by atoms with E-state index in [0.29, 0.717) is 5.92 Å². The Hall–Kier alpha value is -1.10. The van der Waals surface area contributed by atoms with Crippen LogP contribution in [-0.4, -0.2) is 68.4 Å². The molecule has 25 heavy (non-hydrogen) atoms. The Kier molecular flexibility index (Phi) is 5.71. The van der Waals surface area contributed by atoms with Crippen molar-refractivity contribution in [1.82, 2.24) is 4.90 Å². The van der Waals surface area contributed by atoms with Gasteiger partial charge in [-0.25, -0.2) is 0 Å². The Morgan fingerprint density at radius 2 is 1.76 bits per heavy atom. The molecule has 1 aromatic rings. The summed E-state index contributed by atoms with van der Waals surface area (Å²) in [6.45, 7) is 5.12. The van der Waals surface area contributed by atoms with Gasteiger partial charge in [-0.15, -0.1) is 0 Å². The van der Waals surface area contributed by atoms with Gasteiger partial charge in [-0.3, -0.25) is 4.90 Å². The Balaban J connectivity index is 1.86. The zero-order chi connectivity index (χ0) is 17.9. The maximum atomic E-state index is 12.0. The topological polar surface area (TPSA) is 32.7 Å². The van der Waals surface area contributed by atoms with Gasteiger partial charge in [0.15, 0.2) is 0 Å². The van der Waals surface area contributed by atoms with Crippen LogP contribution in [0.2, 0.25) is 0 Å². The van der Waals surface area contributed by atoms with E-state index in [1.54, 1.807) is 7.11 Å². The molecule has 1 saturated heterocycles. The molecule has 4 nitrogen and oxygen atoms in total. The Labute approximate surface area is 153 Å². The summed E-state index contributed by atoms with van der Waals surface area (Å²) in [6.07, 6.45) is 5.99. The summed E-state index contributed by atoms with van der Waals surface area (Å²) in [7, 11) is 6.30. The van der Waals surface area contributed by atoms with Crippen molar-refractivity contribution in [1.29, 1.82) is 0 Å². The van der Waals surface area contributed by atoms with Gasteiger partial charge in [0, 0.05) is 25.2 Å². The number of ether oxygens (including phenoxy) is 1. The summed E-state index contributed by atoms with van der Waals surface area (Å²) in [5, 5.41) is 12.0. The molecule has 140 valence electrons. The third-order valence-electron chi connectivity index (χ3n) is 6.36. The average molecular weight is 348 g/mol. The average Bonchev–Trinajstić information content (AvgIpc) is 2.64. The number of para-hydroxylation sites is 1. The lowest BCUT2D eigenvalue weighted by Gasteiger charge is -2.45. The molecule has 4 heteroatoms. The lowest BCUT2D eigenvalue weighted by molar-refractivity contribution is -0.894. The van der Waals surface area contributed by atoms with Crippen molar-refractivity contribution in [2.75, 3.05) is 53.9 Å². The van der Waals surface area contributed by atoms with Crippen molar-refractivity contribution in [3.05, 3.63) is 29.8 Å². The van der Waals surface area contributed by atoms with Crippen LogP contribution in [0.3, 0.4) is 0 Å². The number of hydrogen-bond acceptors (Lipinski definition) is 3. The molecule has 1 atom stereocenters. The van der Waals surface area contributed by atoms with Gasteiger partial charge in [-0.1, -0.05) is 37.5 Å². The predicted octanol–water partition coefficient (Wildman–Crippen LogP) is 2.86. The van der Waals surface area contributed by atoms with Gasteiger partial charge < -0.3 is 14.3 Å². The van der Waals surface area contributed by atoms with Crippen molar-refractivity contribution < 1.29 is 14.3 Å². The Morgan fingerprint density at radius 1 is 1.12 bits per heavy atom. The number of nitrogens with zero attached hydrogens (tertiary/aromatic N) is 2. The van der Waals surface area contributed by atoms with E-state index in [0.717, 1.165) is 61.4 Å². The minimum Gasteiger partial charge on any atom is -0.496 e.